The van der Waals surface area contributed by atoms with Crippen LogP contribution in [0.1, 0.15) is 51.0 Å². The van der Waals surface area contributed by atoms with Crippen molar-refractivity contribution in [3.05, 3.63) is 48.0 Å². The first kappa shape index (κ1) is 13.4. The van der Waals surface area contributed by atoms with Crippen molar-refractivity contribution in [2.45, 2.75) is 57.0 Å². The lowest BCUT2D eigenvalue weighted by Crippen LogP contribution is -2.41. The molecule has 0 aromatic heterocycles. The molecule has 1 aliphatic rings. The molecular formula is C17H24O. The highest BCUT2D eigenvalue weighted by Gasteiger charge is 2.40. The molecule has 1 aromatic carbocycles. The van der Waals surface area contributed by atoms with Crippen molar-refractivity contribution in [3.8, 4) is 0 Å². The van der Waals surface area contributed by atoms with Gasteiger partial charge in [-0.15, -0.1) is 6.58 Å². The Morgan fingerprint density at radius 1 is 1.22 bits per heavy atom. The van der Waals surface area contributed by atoms with Crippen LogP contribution in [0.25, 0.3) is 0 Å². The van der Waals surface area contributed by atoms with Gasteiger partial charge in [0.15, 0.2) is 0 Å². The topological polar surface area (TPSA) is 20.2 Å². The van der Waals surface area contributed by atoms with Gasteiger partial charge in [0.05, 0.1) is 6.10 Å². The summed E-state index contributed by atoms with van der Waals surface area (Å²) in [5.74, 6) is 0. The molecule has 1 unspecified atom stereocenters. The third kappa shape index (κ3) is 2.67. The van der Waals surface area contributed by atoms with Gasteiger partial charge in [0.2, 0.25) is 0 Å². The molecule has 0 radical (unpaired) electrons. The van der Waals surface area contributed by atoms with E-state index in [2.05, 4.69) is 30.8 Å². The molecule has 98 valence electrons. The van der Waals surface area contributed by atoms with E-state index in [-0.39, 0.29) is 11.5 Å². The fraction of sp³-hybridized carbons (Fsp3) is 0.529. The van der Waals surface area contributed by atoms with E-state index in [4.69, 9.17) is 0 Å². The zero-order chi connectivity index (χ0) is 13.0. The van der Waals surface area contributed by atoms with E-state index in [9.17, 15) is 5.11 Å². The van der Waals surface area contributed by atoms with Gasteiger partial charge in [0.25, 0.3) is 0 Å². The van der Waals surface area contributed by atoms with Crippen molar-refractivity contribution < 1.29 is 5.11 Å². The van der Waals surface area contributed by atoms with Gasteiger partial charge in [-0.25, -0.2) is 0 Å². The van der Waals surface area contributed by atoms with E-state index in [0.717, 1.165) is 24.8 Å². The summed E-state index contributed by atoms with van der Waals surface area (Å²) in [5, 5.41) is 10.7. The first-order valence-electron chi connectivity index (χ1n) is 7.03. The Morgan fingerprint density at radius 2 is 1.83 bits per heavy atom. The fourth-order valence-electron chi connectivity index (χ4n) is 3.29. The molecular weight excluding hydrogens is 220 g/mol. The van der Waals surface area contributed by atoms with E-state index in [1.165, 1.54) is 24.8 Å². The van der Waals surface area contributed by atoms with Crippen LogP contribution in [-0.2, 0) is 5.41 Å². The summed E-state index contributed by atoms with van der Waals surface area (Å²) < 4.78 is 0. The summed E-state index contributed by atoms with van der Waals surface area (Å²) in [6, 6.07) is 10.6. The molecule has 0 aliphatic heterocycles. The molecule has 0 bridgehead atoms. The minimum absolute atomic E-state index is 0.0432. The first-order chi connectivity index (χ1) is 8.65. The third-order valence-electron chi connectivity index (χ3n) is 4.27. The third-order valence-corrected chi connectivity index (χ3v) is 4.27. The highest BCUT2D eigenvalue weighted by molar-refractivity contribution is 5.28. The van der Waals surface area contributed by atoms with Crippen LogP contribution in [0.5, 0.6) is 0 Å². The molecule has 1 N–H and O–H groups in total. The van der Waals surface area contributed by atoms with Crippen LogP contribution in [0.4, 0.5) is 0 Å². The molecule has 0 spiro atoms. The largest absolute Gasteiger partial charge is 0.392 e. The standard InChI is InChI=1S/C17H24O/c1-14(2)13-16(18)17(11-7-4-8-12-17)15-9-5-3-6-10-15/h3,5-6,9-10,16,18H,1,4,7-8,11-13H2,2H3. The molecule has 2 rings (SSSR count). The fourth-order valence-corrected chi connectivity index (χ4v) is 3.29. The van der Waals surface area contributed by atoms with Crippen LogP contribution in [0.3, 0.4) is 0 Å². The van der Waals surface area contributed by atoms with Gasteiger partial charge in [0.1, 0.15) is 0 Å². The zero-order valence-electron chi connectivity index (χ0n) is 11.4. The Bertz CT molecular complexity index is 387. The molecule has 0 amide bonds. The number of hydrogen-bond donors (Lipinski definition) is 1. The second-order valence-corrected chi connectivity index (χ2v) is 5.76. The second kappa shape index (κ2) is 5.71. The minimum atomic E-state index is -0.294. The summed E-state index contributed by atoms with van der Waals surface area (Å²) in [7, 11) is 0. The van der Waals surface area contributed by atoms with Gasteiger partial charge < -0.3 is 5.11 Å². The molecule has 1 saturated carbocycles. The average Bonchev–Trinajstić information content (AvgIpc) is 2.40. The maximum Gasteiger partial charge on any atom is 0.0673 e. The predicted molar refractivity (Wildman–Crippen MR) is 76.6 cm³/mol. The van der Waals surface area contributed by atoms with Crippen LogP contribution in [0.2, 0.25) is 0 Å². The minimum Gasteiger partial charge on any atom is -0.392 e. The molecule has 1 fully saturated rings. The van der Waals surface area contributed by atoms with Crippen molar-refractivity contribution in [1.82, 2.24) is 0 Å². The predicted octanol–water partition coefficient (Wildman–Crippen LogP) is 4.22. The number of aliphatic hydroxyl groups is 1. The lowest BCUT2D eigenvalue weighted by Gasteiger charge is -2.42. The van der Waals surface area contributed by atoms with E-state index in [1.807, 2.05) is 13.0 Å². The van der Waals surface area contributed by atoms with Crippen molar-refractivity contribution in [1.29, 1.82) is 0 Å². The summed E-state index contributed by atoms with van der Waals surface area (Å²) in [6.45, 7) is 5.96. The Balaban J connectivity index is 2.31. The average molecular weight is 244 g/mol. The molecule has 1 atom stereocenters. The van der Waals surface area contributed by atoms with Crippen molar-refractivity contribution >= 4 is 0 Å². The highest BCUT2D eigenvalue weighted by atomic mass is 16.3. The number of rotatable bonds is 4. The van der Waals surface area contributed by atoms with Crippen LogP contribution in [-0.4, -0.2) is 11.2 Å². The Labute approximate surface area is 111 Å². The quantitative estimate of drug-likeness (QED) is 0.786. The number of aliphatic hydroxyl groups excluding tert-OH is 1. The summed E-state index contributed by atoms with van der Waals surface area (Å²) in [6.07, 6.45) is 6.38. The molecule has 18 heavy (non-hydrogen) atoms. The summed E-state index contributed by atoms with van der Waals surface area (Å²) in [4.78, 5) is 0. The highest BCUT2D eigenvalue weighted by Crippen LogP contribution is 2.43. The maximum absolute atomic E-state index is 10.7. The van der Waals surface area contributed by atoms with E-state index in [1.54, 1.807) is 0 Å². The lowest BCUT2D eigenvalue weighted by molar-refractivity contribution is 0.0540. The molecule has 1 aromatic rings. The number of hydrogen-bond acceptors (Lipinski definition) is 1. The first-order valence-corrected chi connectivity index (χ1v) is 7.03. The molecule has 0 heterocycles. The zero-order valence-corrected chi connectivity index (χ0v) is 11.4. The monoisotopic (exact) mass is 244 g/mol. The molecule has 1 nitrogen and oxygen atoms in total. The van der Waals surface area contributed by atoms with Crippen LogP contribution in [0, 0.1) is 0 Å². The Morgan fingerprint density at radius 3 is 2.39 bits per heavy atom. The maximum atomic E-state index is 10.7. The smallest absolute Gasteiger partial charge is 0.0673 e. The second-order valence-electron chi connectivity index (χ2n) is 5.76. The molecule has 0 saturated heterocycles. The normalized spacial score (nSPS) is 20.3. The van der Waals surface area contributed by atoms with E-state index < -0.39 is 0 Å². The van der Waals surface area contributed by atoms with Gasteiger partial charge in [-0.2, -0.15) is 0 Å². The summed E-state index contributed by atoms with van der Waals surface area (Å²) >= 11 is 0. The van der Waals surface area contributed by atoms with Crippen molar-refractivity contribution in [2.75, 3.05) is 0 Å². The van der Waals surface area contributed by atoms with E-state index >= 15 is 0 Å². The van der Waals surface area contributed by atoms with Crippen molar-refractivity contribution in [3.63, 3.8) is 0 Å². The Hall–Kier alpha value is -1.08. The van der Waals surface area contributed by atoms with Gasteiger partial charge in [-0.3, -0.25) is 0 Å². The van der Waals surface area contributed by atoms with Gasteiger partial charge in [-0.1, -0.05) is 55.2 Å². The molecule has 1 aliphatic carbocycles. The van der Waals surface area contributed by atoms with Gasteiger partial charge >= 0.3 is 0 Å². The molecule has 1 heteroatoms. The number of benzene rings is 1. The van der Waals surface area contributed by atoms with Crippen molar-refractivity contribution in [2.24, 2.45) is 0 Å². The van der Waals surface area contributed by atoms with E-state index in [0.29, 0.717) is 0 Å². The SMILES string of the molecule is C=C(C)CC(O)C1(c2ccccc2)CCCCC1. The van der Waals surface area contributed by atoms with Gasteiger partial charge in [-0.05, 0) is 31.7 Å². The summed E-state index contributed by atoms with van der Waals surface area (Å²) in [5.41, 5.74) is 2.33. The van der Waals surface area contributed by atoms with Crippen LogP contribution >= 0.6 is 0 Å². The lowest BCUT2D eigenvalue weighted by atomic mass is 9.65. The van der Waals surface area contributed by atoms with Crippen LogP contribution < -0.4 is 0 Å². The Kier molecular flexibility index (Phi) is 4.23. The van der Waals surface area contributed by atoms with Crippen LogP contribution in [0.15, 0.2) is 42.5 Å². The van der Waals surface area contributed by atoms with Gasteiger partial charge in [0, 0.05) is 5.41 Å².